The van der Waals surface area contributed by atoms with E-state index in [1.165, 1.54) is 0 Å². The van der Waals surface area contributed by atoms with Crippen LogP contribution in [0, 0.1) is 0 Å². The molecule has 1 fully saturated rings. The first-order valence-corrected chi connectivity index (χ1v) is 4.23. The van der Waals surface area contributed by atoms with Crippen molar-refractivity contribution in [3.63, 3.8) is 0 Å². The van der Waals surface area contributed by atoms with Gasteiger partial charge < -0.3 is 4.18 Å². The molecule has 76 valence electrons. The lowest BCUT2D eigenvalue weighted by atomic mass is 10.2. The van der Waals surface area contributed by atoms with Crippen molar-refractivity contribution in [3.8, 4) is 0 Å². The highest BCUT2D eigenvalue weighted by Gasteiger charge is 2.64. The van der Waals surface area contributed by atoms with Crippen molar-refractivity contribution in [1.82, 2.24) is 0 Å². The zero-order chi connectivity index (χ0) is 10.5. The molecule has 4 nitrogen and oxygen atoms in total. The van der Waals surface area contributed by atoms with E-state index in [4.69, 9.17) is 0 Å². The van der Waals surface area contributed by atoms with Crippen LogP contribution in [0.15, 0.2) is 0 Å². The van der Waals surface area contributed by atoms with E-state index < -0.39 is 33.7 Å². The molecule has 0 aromatic rings. The van der Waals surface area contributed by atoms with Crippen LogP contribution >= 0.6 is 0 Å². The lowest BCUT2D eigenvalue weighted by Crippen LogP contribution is -2.49. The average Bonchev–Trinajstić information content (AvgIpc) is 1.80. The zero-order valence-corrected chi connectivity index (χ0v) is 6.58. The third kappa shape index (κ3) is 1.47. The molecule has 1 aliphatic rings. The largest absolute Gasteiger partial charge is 0.392 e. The Labute approximate surface area is 69.6 Å². The summed E-state index contributed by atoms with van der Waals surface area (Å²) in [6.45, 7) is 0. The number of hydrogen-bond donors (Lipinski definition) is 0. The summed E-state index contributed by atoms with van der Waals surface area (Å²) in [5.41, 5.74) is 0. The van der Waals surface area contributed by atoms with E-state index in [0.717, 1.165) is 0 Å². The first kappa shape index (κ1) is 10.2. The van der Waals surface area contributed by atoms with Gasteiger partial charge in [-0.3, -0.25) is 0 Å². The van der Waals surface area contributed by atoms with Crippen LogP contribution in [0.1, 0.15) is 6.42 Å². The minimum absolute atomic E-state index is 2.37. The first-order chi connectivity index (χ1) is 5.58. The van der Waals surface area contributed by atoms with Gasteiger partial charge in [-0.15, -0.1) is 0 Å². The maximum atomic E-state index is 12.3. The van der Waals surface area contributed by atoms with Crippen LogP contribution in [0.3, 0.4) is 0 Å². The molecule has 13 heavy (non-hydrogen) atoms. The fourth-order valence-electron chi connectivity index (χ4n) is 0.641. The van der Waals surface area contributed by atoms with E-state index in [0.29, 0.717) is 0 Å². The van der Waals surface area contributed by atoms with E-state index in [1.54, 1.807) is 0 Å². The van der Waals surface area contributed by atoms with Crippen LogP contribution in [-0.4, -0.2) is 25.6 Å². The average molecular weight is 222 g/mol. The summed E-state index contributed by atoms with van der Waals surface area (Å²) in [4.78, 5) is 10.1. The van der Waals surface area contributed by atoms with Gasteiger partial charge in [0.15, 0.2) is 0 Å². The van der Waals surface area contributed by atoms with Crippen molar-refractivity contribution < 1.29 is 35.0 Å². The Kier molecular flexibility index (Phi) is 1.84. The standard InChI is InChI=1S/C4H2F4O4S/c5-3(6)1-4(7,8)13(10,11)12-2(3)9/h1H2. The molecule has 0 amide bonds. The van der Waals surface area contributed by atoms with Gasteiger partial charge in [-0.1, -0.05) is 0 Å². The predicted molar refractivity (Wildman–Crippen MR) is 29.5 cm³/mol. The van der Waals surface area contributed by atoms with E-state index in [9.17, 15) is 30.8 Å². The Hall–Kier alpha value is -0.860. The lowest BCUT2D eigenvalue weighted by molar-refractivity contribution is -0.176. The van der Waals surface area contributed by atoms with Crippen LogP contribution in [0.5, 0.6) is 0 Å². The predicted octanol–water partition coefficient (Wildman–Crippen LogP) is 0.491. The monoisotopic (exact) mass is 222 g/mol. The highest BCUT2D eigenvalue weighted by molar-refractivity contribution is 7.88. The molecule has 0 radical (unpaired) electrons. The number of carbonyl (C=O) groups excluding carboxylic acids is 1. The highest BCUT2D eigenvalue weighted by Crippen LogP contribution is 2.41. The third-order valence-electron chi connectivity index (χ3n) is 1.28. The number of hydrogen-bond acceptors (Lipinski definition) is 4. The normalized spacial score (nSPS) is 29.4. The fraction of sp³-hybridized carbons (Fsp3) is 0.750. The van der Waals surface area contributed by atoms with Crippen molar-refractivity contribution in [3.05, 3.63) is 0 Å². The van der Waals surface area contributed by atoms with Gasteiger partial charge in [0.05, 0.1) is 0 Å². The van der Waals surface area contributed by atoms with Crippen LogP contribution in [0.25, 0.3) is 0 Å². The Bertz CT molecular complexity index is 345. The number of halogens is 4. The second kappa shape index (κ2) is 2.34. The second-order valence-corrected chi connectivity index (χ2v) is 4.02. The summed E-state index contributed by atoms with van der Waals surface area (Å²) in [6.07, 6.45) is -2.37. The van der Waals surface area contributed by atoms with Crippen molar-refractivity contribution in [2.75, 3.05) is 0 Å². The molecule has 1 saturated heterocycles. The molecule has 0 aliphatic carbocycles. The van der Waals surface area contributed by atoms with Crippen molar-refractivity contribution in [1.29, 1.82) is 0 Å². The Morgan fingerprint density at radius 2 is 1.69 bits per heavy atom. The van der Waals surface area contributed by atoms with Gasteiger partial charge in [-0.25, -0.2) is 4.79 Å². The van der Waals surface area contributed by atoms with Gasteiger partial charge in [-0.2, -0.15) is 26.0 Å². The van der Waals surface area contributed by atoms with E-state index >= 15 is 0 Å². The minimum atomic E-state index is -5.54. The number of rotatable bonds is 0. The molecule has 0 bridgehead atoms. The topological polar surface area (TPSA) is 60.4 Å². The first-order valence-electron chi connectivity index (χ1n) is 2.83. The van der Waals surface area contributed by atoms with E-state index in [-0.39, 0.29) is 0 Å². The maximum absolute atomic E-state index is 12.3. The van der Waals surface area contributed by atoms with E-state index in [2.05, 4.69) is 4.18 Å². The lowest BCUT2D eigenvalue weighted by Gasteiger charge is -2.26. The molecular formula is C4H2F4O4S. The highest BCUT2D eigenvalue weighted by atomic mass is 32.2. The van der Waals surface area contributed by atoms with Crippen molar-refractivity contribution in [2.45, 2.75) is 17.6 Å². The van der Waals surface area contributed by atoms with Gasteiger partial charge >= 0.3 is 27.3 Å². The van der Waals surface area contributed by atoms with Gasteiger partial charge in [0, 0.05) is 0 Å². The van der Waals surface area contributed by atoms with Crippen LogP contribution in [0.2, 0.25) is 0 Å². The zero-order valence-electron chi connectivity index (χ0n) is 5.76. The molecule has 0 saturated carbocycles. The Morgan fingerprint density at radius 1 is 1.23 bits per heavy atom. The number of alkyl halides is 4. The summed E-state index contributed by atoms with van der Waals surface area (Å²) >= 11 is 0. The van der Waals surface area contributed by atoms with Crippen LogP contribution in [0.4, 0.5) is 17.6 Å². The minimum Gasteiger partial charge on any atom is -0.336 e. The van der Waals surface area contributed by atoms with Gasteiger partial charge in [-0.05, 0) is 0 Å². The fourth-order valence-corrected chi connectivity index (χ4v) is 1.44. The molecule has 0 aromatic heterocycles. The Balaban J connectivity index is 3.15. The van der Waals surface area contributed by atoms with Crippen LogP contribution in [-0.2, 0) is 19.1 Å². The molecular weight excluding hydrogens is 220 g/mol. The molecule has 0 atom stereocenters. The molecule has 1 heterocycles. The van der Waals surface area contributed by atoms with Gasteiger partial charge in [0.1, 0.15) is 6.42 Å². The summed E-state index contributed by atoms with van der Waals surface area (Å²) in [5, 5.41) is -4.73. The summed E-state index contributed by atoms with van der Waals surface area (Å²) in [7, 11) is -5.54. The van der Waals surface area contributed by atoms with Crippen molar-refractivity contribution >= 4 is 16.1 Å². The summed E-state index contributed by atoms with van der Waals surface area (Å²) in [6, 6.07) is 0. The van der Waals surface area contributed by atoms with Gasteiger partial charge in [0.25, 0.3) is 0 Å². The molecule has 0 unspecified atom stereocenters. The van der Waals surface area contributed by atoms with E-state index in [1.807, 2.05) is 0 Å². The molecule has 0 spiro atoms. The van der Waals surface area contributed by atoms with Crippen LogP contribution < -0.4 is 0 Å². The maximum Gasteiger partial charge on any atom is 0.392 e. The Morgan fingerprint density at radius 3 is 2.08 bits per heavy atom. The quantitative estimate of drug-likeness (QED) is 0.442. The molecule has 9 heteroatoms. The number of carbonyl (C=O) groups is 1. The SMILES string of the molecule is O=C1OS(=O)(=O)C(F)(F)CC1(F)F. The smallest absolute Gasteiger partial charge is 0.336 e. The molecule has 0 N–H and O–H groups in total. The molecule has 1 rings (SSSR count). The molecule has 0 aromatic carbocycles. The summed E-state index contributed by atoms with van der Waals surface area (Å²) < 4.78 is 72.5. The second-order valence-electron chi connectivity index (χ2n) is 2.34. The molecule has 1 aliphatic heterocycles. The van der Waals surface area contributed by atoms with Gasteiger partial charge in [0.2, 0.25) is 0 Å². The van der Waals surface area contributed by atoms with Crippen molar-refractivity contribution in [2.24, 2.45) is 0 Å². The third-order valence-corrected chi connectivity index (χ3v) is 2.52. The summed E-state index contributed by atoms with van der Waals surface area (Å²) in [5.74, 6) is -6.94.